The van der Waals surface area contributed by atoms with Gasteiger partial charge in [0.15, 0.2) is 5.82 Å². The number of rotatable bonds is 9. The van der Waals surface area contributed by atoms with Gasteiger partial charge in [0.1, 0.15) is 10.7 Å². The number of alkyl halides is 2. The second-order valence-electron chi connectivity index (χ2n) is 5.91. The molecular formula is C18H23Cl2F2N5OS. The molecule has 0 unspecified atom stereocenters. The molecule has 29 heavy (non-hydrogen) atoms. The molecule has 0 saturated heterocycles. The molecule has 160 valence electrons. The molecule has 0 saturated carbocycles. The van der Waals surface area contributed by atoms with E-state index in [9.17, 15) is 8.78 Å². The largest absolute Gasteiger partial charge is 0.363 e. The van der Waals surface area contributed by atoms with E-state index in [-0.39, 0.29) is 11.9 Å². The van der Waals surface area contributed by atoms with E-state index in [0.717, 1.165) is 21.5 Å². The third-order valence-electron chi connectivity index (χ3n) is 4.14. The number of halogens is 4. The number of unbranched alkanes of at least 4 members (excludes halogenated alkanes) is 1. The summed E-state index contributed by atoms with van der Waals surface area (Å²) in [6, 6.07) is 4.02. The summed E-state index contributed by atoms with van der Waals surface area (Å²) in [6.07, 6.45) is 1.81. The molecule has 0 atom stereocenters. The number of aryl methyl sites for hydroxylation is 1. The summed E-state index contributed by atoms with van der Waals surface area (Å²) in [5, 5.41) is 10.1. The summed E-state index contributed by atoms with van der Waals surface area (Å²) in [7, 11) is 1.50. The average molecular weight is 466 g/mol. The molecule has 0 radical (unpaired) electrons. The Bertz CT molecular complexity index is 906. The third kappa shape index (κ3) is 6.23. The molecule has 0 aromatic carbocycles. The van der Waals surface area contributed by atoms with E-state index < -0.39 is 6.61 Å². The highest BCUT2D eigenvalue weighted by atomic mass is 35.5. The molecule has 3 aromatic rings. The number of hydrogen-bond acceptors (Lipinski definition) is 6. The molecule has 3 N–H and O–H groups in total. The zero-order chi connectivity index (χ0) is 21.4. The highest BCUT2D eigenvalue weighted by Crippen LogP contribution is 2.32. The van der Waals surface area contributed by atoms with Gasteiger partial charge in [0.2, 0.25) is 5.28 Å². The van der Waals surface area contributed by atoms with Gasteiger partial charge in [-0.25, -0.2) is 4.52 Å². The molecule has 6 nitrogen and oxygen atoms in total. The van der Waals surface area contributed by atoms with Crippen molar-refractivity contribution in [2.45, 2.75) is 39.3 Å². The second-order valence-corrected chi connectivity index (χ2v) is 7.63. The van der Waals surface area contributed by atoms with Crippen molar-refractivity contribution < 1.29 is 13.5 Å². The summed E-state index contributed by atoms with van der Waals surface area (Å²) < 4.78 is 29.9. The van der Waals surface area contributed by atoms with Crippen LogP contribution in [0.5, 0.6) is 0 Å². The van der Waals surface area contributed by atoms with Crippen LogP contribution in [0.25, 0.3) is 5.52 Å². The van der Waals surface area contributed by atoms with Crippen molar-refractivity contribution in [3.05, 3.63) is 44.0 Å². The fourth-order valence-electron chi connectivity index (χ4n) is 2.88. The van der Waals surface area contributed by atoms with Crippen molar-refractivity contribution in [1.82, 2.24) is 14.6 Å². The first-order valence-electron chi connectivity index (χ1n) is 8.94. The van der Waals surface area contributed by atoms with Crippen LogP contribution in [0.4, 0.5) is 14.6 Å². The molecule has 0 aliphatic carbocycles. The fourth-order valence-corrected chi connectivity index (χ4v) is 4.04. The zero-order valence-corrected chi connectivity index (χ0v) is 18.4. The van der Waals surface area contributed by atoms with E-state index in [4.69, 9.17) is 23.2 Å². The van der Waals surface area contributed by atoms with Gasteiger partial charge < -0.3 is 15.8 Å². The monoisotopic (exact) mass is 465 g/mol. The maximum atomic E-state index is 12.0. The zero-order valence-electron chi connectivity index (χ0n) is 16.1. The van der Waals surface area contributed by atoms with Gasteiger partial charge in [0, 0.05) is 4.88 Å². The van der Waals surface area contributed by atoms with Crippen molar-refractivity contribution in [1.29, 1.82) is 0 Å². The molecule has 3 rings (SSSR count). The highest BCUT2D eigenvalue weighted by Gasteiger charge is 2.19. The van der Waals surface area contributed by atoms with Crippen LogP contribution < -0.4 is 11.1 Å². The summed E-state index contributed by atoms with van der Waals surface area (Å²) in [5.74, 6) is 0.607. The Morgan fingerprint density at radius 1 is 1.31 bits per heavy atom. The van der Waals surface area contributed by atoms with Crippen molar-refractivity contribution >= 4 is 45.9 Å². The van der Waals surface area contributed by atoms with Gasteiger partial charge in [-0.2, -0.15) is 13.8 Å². The van der Waals surface area contributed by atoms with Crippen LogP contribution >= 0.6 is 34.5 Å². The molecular weight excluding hydrogens is 443 g/mol. The normalized spacial score (nSPS) is 11.0. The number of aromatic nitrogens is 3. The number of nitrogens with one attached hydrogen (secondary N) is 1. The number of thiophene rings is 1. The summed E-state index contributed by atoms with van der Waals surface area (Å²) in [5.41, 5.74) is 7.12. The summed E-state index contributed by atoms with van der Waals surface area (Å²) >= 11 is 14.2. The number of ether oxygens (including phenoxy) is 1. The lowest BCUT2D eigenvalue weighted by atomic mass is 10.1. The lowest BCUT2D eigenvalue weighted by molar-refractivity contribution is -0.129. The first kappa shape index (κ1) is 23.8. The van der Waals surface area contributed by atoms with Gasteiger partial charge in [-0.1, -0.05) is 17.7 Å². The molecule has 11 heteroatoms. The SMILES string of the molecule is CN.Cc1c(CCCCOC(F)F)c(Cl)n2nc(Cl)nc(NCc3cccs3)c12. The molecule has 0 aliphatic rings. The van der Waals surface area contributed by atoms with Gasteiger partial charge in [0.05, 0.1) is 13.2 Å². The first-order chi connectivity index (χ1) is 14.0. The van der Waals surface area contributed by atoms with E-state index in [1.165, 1.54) is 7.05 Å². The van der Waals surface area contributed by atoms with Crippen LogP contribution in [0, 0.1) is 6.92 Å². The Balaban J connectivity index is 0.00000145. The van der Waals surface area contributed by atoms with Crippen molar-refractivity contribution in [3.8, 4) is 0 Å². The first-order valence-corrected chi connectivity index (χ1v) is 10.6. The molecule has 0 fully saturated rings. The van der Waals surface area contributed by atoms with Crippen LogP contribution in [0.3, 0.4) is 0 Å². The van der Waals surface area contributed by atoms with E-state index in [1.807, 2.05) is 24.4 Å². The minimum absolute atomic E-state index is 0.0148. The molecule has 3 aromatic heterocycles. The minimum atomic E-state index is -2.73. The van der Waals surface area contributed by atoms with Crippen LogP contribution in [0.1, 0.15) is 28.8 Å². The Kier molecular flexibility index (Phi) is 9.51. The predicted molar refractivity (Wildman–Crippen MR) is 114 cm³/mol. The number of nitrogens with two attached hydrogens (primary N) is 1. The predicted octanol–water partition coefficient (Wildman–Crippen LogP) is 5.15. The number of hydrogen-bond donors (Lipinski definition) is 2. The number of fused-ring (bicyclic) bond motifs is 1. The van der Waals surface area contributed by atoms with Gasteiger partial charge in [-0.05, 0) is 67.4 Å². The minimum Gasteiger partial charge on any atom is -0.363 e. The molecule has 0 amide bonds. The Morgan fingerprint density at radius 2 is 2.07 bits per heavy atom. The van der Waals surface area contributed by atoms with Gasteiger partial charge in [-0.3, -0.25) is 0 Å². The summed E-state index contributed by atoms with van der Waals surface area (Å²) in [6.45, 7) is -0.161. The lowest BCUT2D eigenvalue weighted by Crippen LogP contribution is -2.05. The molecule has 3 heterocycles. The van der Waals surface area contributed by atoms with E-state index in [0.29, 0.717) is 36.8 Å². The maximum absolute atomic E-state index is 12.0. The summed E-state index contributed by atoms with van der Waals surface area (Å²) in [4.78, 5) is 5.47. The van der Waals surface area contributed by atoms with Gasteiger partial charge in [-0.15, -0.1) is 16.4 Å². The van der Waals surface area contributed by atoms with E-state index in [1.54, 1.807) is 15.9 Å². The smallest absolute Gasteiger partial charge is 0.345 e. The Hall–Kier alpha value is -1.52. The quantitative estimate of drug-likeness (QED) is 0.427. The van der Waals surface area contributed by atoms with Crippen LogP contribution in [0.2, 0.25) is 10.4 Å². The Labute approximate surface area is 182 Å². The topological polar surface area (TPSA) is 77.5 Å². The lowest BCUT2D eigenvalue weighted by Gasteiger charge is -2.07. The number of anilines is 1. The third-order valence-corrected chi connectivity index (χ3v) is 5.57. The standard InChI is InChI=1S/C17H18Cl2F2N4OS.CH5N/c1-10-12(6-2-3-7-26-17(20)21)14(18)25-13(10)15(23-16(19)24-25)22-9-11-5-4-8-27-11;1-2/h4-5,8,17H,2-3,6-7,9H2,1H3,(H,22,23,24);2H2,1H3. The molecule has 0 bridgehead atoms. The van der Waals surface area contributed by atoms with E-state index >= 15 is 0 Å². The van der Waals surface area contributed by atoms with Crippen molar-refractivity contribution in [2.24, 2.45) is 5.73 Å². The number of nitrogens with zero attached hydrogens (tertiary/aromatic N) is 3. The van der Waals surface area contributed by atoms with E-state index in [2.05, 4.69) is 25.9 Å². The van der Waals surface area contributed by atoms with Gasteiger partial charge >= 0.3 is 6.61 Å². The van der Waals surface area contributed by atoms with Crippen molar-refractivity contribution in [2.75, 3.05) is 19.0 Å². The van der Waals surface area contributed by atoms with Crippen molar-refractivity contribution in [3.63, 3.8) is 0 Å². The second kappa shape index (κ2) is 11.6. The van der Waals surface area contributed by atoms with Crippen LogP contribution in [0.15, 0.2) is 17.5 Å². The molecule has 0 aliphatic heterocycles. The average Bonchev–Trinajstić information content (AvgIpc) is 3.29. The fraction of sp³-hybridized carbons (Fsp3) is 0.444. The van der Waals surface area contributed by atoms with Gasteiger partial charge in [0.25, 0.3) is 0 Å². The maximum Gasteiger partial charge on any atom is 0.345 e. The van der Waals surface area contributed by atoms with Crippen LogP contribution in [-0.2, 0) is 17.7 Å². The Morgan fingerprint density at radius 3 is 2.72 bits per heavy atom. The van der Waals surface area contributed by atoms with Crippen LogP contribution in [-0.4, -0.2) is 34.9 Å². The molecule has 0 spiro atoms. The highest BCUT2D eigenvalue weighted by molar-refractivity contribution is 7.09.